The van der Waals surface area contributed by atoms with Crippen LogP contribution in [0.4, 0.5) is 11.5 Å². The fraction of sp³-hybridized carbons (Fsp3) is 0.261. The summed E-state index contributed by atoms with van der Waals surface area (Å²) < 4.78 is 5.28. The molecule has 7 nitrogen and oxygen atoms in total. The fourth-order valence-corrected chi connectivity index (χ4v) is 3.15. The van der Waals surface area contributed by atoms with Crippen LogP contribution in [-0.2, 0) is 6.42 Å². The minimum Gasteiger partial charge on any atom is -0.481 e. The van der Waals surface area contributed by atoms with Crippen molar-refractivity contribution in [2.24, 2.45) is 0 Å². The molecule has 1 unspecified atom stereocenters. The summed E-state index contributed by atoms with van der Waals surface area (Å²) in [5.74, 6) is 1.08. The lowest BCUT2D eigenvalue weighted by Gasteiger charge is -2.20. The molecule has 0 aliphatic carbocycles. The monoisotopic (exact) mass is 402 g/mol. The molecule has 0 saturated heterocycles. The van der Waals surface area contributed by atoms with Gasteiger partial charge in [-0.15, -0.1) is 0 Å². The van der Waals surface area contributed by atoms with Gasteiger partial charge in [-0.1, -0.05) is 18.2 Å². The summed E-state index contributed by atoms with van der Waals surface area (Å²) in [5.41, 5.74) is 9.52. The Kier molecular flexibility index (Phi) is 7.58. The van der Waals surface area contributed by atoms with Gasteiger partial charge in [0.2, 0.25) is 5.88 Å². The van der Waals surface area contributed by atoms with E-state index in [1.165, 1.54) is 5.56 Å². The Morgan fingerprint density at radius 3 is 2.67 bits per heavy atom. The molecule has 1 atom stereocenters. The topological polar surface area (TPSA) is 109 Å². The van der Waals surface area contributed by atoms with Gasteiger partial charge < -0.3 is 21.1 Å². The lowest BCUT2D eigenvalue weighted by atomic mass is 10.1. The molecule has 3 rings (SSSR count). The van der Waals surface area contributed by atoms with Gasteiger partial charge in [0.05, 0.1) is 36.2 Å². The number of aromatic nitrogens is 2. The van der Waals surface area contributed by atoms with E-state index in [1.54, 1.807) is 13.3 Å². The van der Waals surface area contributed by atoms with Crippen molar-refractivity contribution in [1.82, 2.24) is 15.3 Å². The number of nitrogen functional groups attached to an aromatic ring is 1. The molecule has 0 bridgehead atoms. The molecular formula is C23H26N6O. The van der Waals surface area contributed by atoms with E-state index in [1.807, 2.05) is 54.6 Å². The molecule has 4 N–H and O–H groups in total. The Labute approximate surface area is 176 Å². The van der Waals surface area contributed by atoms with Gasteiger partial charge >= 0.3 is 0 Å². The minimum absolute atomic E-state index is 0.0453. The van der Waals surface area contributed by atoms with Crippen molar-refractivity contribution >= 4 is 11.5 Å². The number of pyridine rings is 2. The van der Waals surface area contributed by atoms with Crippen LogP contribution >= 0.6 is 0 Å². The second-order valence-corrected chi connectivity index (χ2v) is 6.82. The van der Waals surface area contributed by atoms with E-state index >= 15 is 0 Å². The van der Waals surface area contributed by atoms with E-state index in [9.17, 15) is 0 Å². The zero-order valence-corrected chi connectivity index (χ0v) is 17.0. The molecule has 30 heavy (non-hydrogen) atoms. The predicted molar refractivity (Wildman–Crippen MR) is 118 cm³/mol. The van der Waals surface area contributed by atoms with Gasteiger partial charge in [0.25, 0.3) is 0 Å². The van der Waals surface area contributed by atoms with Crippen LogP contribution in [0.3, 0.4) is 0 Å². The van der Waals surface area contributed by atoms with E-state index in [0.29, 0.717) is 23.8 Å². The second kappa shape index (κ2) is 10.8. The van der Waals surface area contributed by atoms with Crippen LogP contribution in [0.15, 0.2) is 60.8 Å². The first-order valence-electron chi connectivity index (χ1n) is 9.87. The second-order valence-electron chi connectivity index (χ2n) is 6.82. The van der Waals surface area contributed by atoms with E-state index < -0.39 is 0 Å². The third-order valence-corrected chi connectivity index (χ3v) is 4.79. The number of ether oxygens (including phenoxy) is 1. The van der Waals surface area contributed by atoms with Crippen LogP contribution in [0.5, 0.6) is 5.88 Å². The number of anilines is 2. The molecule has 0 aliphatic rings. The molecular weight excluding hydrogens is 376 g/mol. The molecule has 0 spiro atoms. The van der Waals surface area contributed by atoms with Crippen LogP contribution in [0.2, 0.25) is 0 Å². The van der Waals surface area contributed by atoms with Crippen molar-refractivity contribution in [2.45, 2.75) is 18.9 Å². The van der Waals surface area contributed by atoms with Crippen LogP contribution in [0.25, 0.3) is 0 Å². The number of benzene rings is 1. The number of hydrogen-bond acceptors (Lipinski definition) is 7. The summed E-state index contributed by atoms with van der Waals surface area (Å²) in [6.07, 6.45) is 3.34. The van der Waals surface area contributed by atoms with Crippen molar-refractivity contribution in [3.05, 3.63) is 77.6 Å². The molecule has 0 amide bonds. The fourth-order valence-electron chi connectivity index (χ4n) is 3.15. The molecule has 0 aliphatic heterocycles. The molecule has 3 aromatic rings. The lowest BCUT2D eigenvalue weighted by molar-refractivity contribution is 0.391. The number of nitrogens with one attached hydrogen (secondary N) is 2. The third-order valence-electron chi connectivity index (χ3n) is 4.79. The third kappa shape index (κ3) is 5.93. The van der Waals surface area contributed by atoms with Crippen LogP contribution in [-0.4, -0.2) is 30.2 Å². The summed E-state index contributed by atoms with van der Waals surface area (Å²) in [5, 5.41) is 15.9. The van der Waals surface area contributed by atoms with Gasteiger partial charge in [-0.2, -0.15) is 5.26 Å². The Balaban J connectivity index is 1.62. The molecule has 7 heteroatoms. The van der Waals surface area contributed by atoms with Crippen LogP contribution in [0, 0.1) is 11.3 Å². The van der Waals surface area contributed by atoms with Crippen molar-refractivity contribution < 1.29 is 4.74 Å². The SMILES string of the molecule is COc1cccc(C(CCNc2cccnc2N)NCCc2ccc(C#N)cc2)n1. The number of methoxy groups -OCH3 is 1. The van der Waals surface area contributed by atoms with Gasteiger partial charge in [0, 0.05) is 18.8 Å². The summed E-state index contributed by atoms with van der Waals surface area (Å²) in [6, 6.07) is 19.4. The first-order chi connectivity index (χ1) is 14.7. The Bertz CT molecular complexity index is 983. The summed E-state index contributed by atoms with van der Waals surface area (Å²) >= 11 is 0. The highest BCUT2D eigenvalue weighted by Gasteiger charge is 2.13. The normalized spacial score (nSPS) is 11.5. The van der Waals surface area contributed by atoms with Crippen molar-refractivity contribution in [2.75, 3.05) is 31.2 Å². The zero-order chi connectivity index (χ0) is 21.2. The highest BCUT2D eigenvalue weighted by molar-refractivity contribution is 5.60. The number of nitrogens with zero attached hydrogens (tertiary/aromatic N) is 3. The van der Waals surface area contributed by atoms with E-state index in [0.717, 1.165) is 30.8 Å². The smallest absolute Gasteiger partial charge is 0.213 e. The Morgan fingerprint density at radius 1 is 1.10 bits per heavy atom. The van der Waals surface area contributed by atoms with Crippen molar-refractivity contribution in [3.8, 4) is 11.9 Å². The van der Waals surface area contributed by atoms with Crippen LogP contribution < -0.4 is 21.1 Å². The Morgan fingerprint density at radius 2 is 1.93 bits per heavy atom. The van der Waals surface area contributed by atoms with Crippen molar-refractivity contribution in [1.29, 1.82) is 5.26 Å². The summed E-state index contributed by atoms with van der Waals surface area (Å²) in [6.45, 7) is 1.49. The molecule has 0 saturated carbocycles. The molecule has 1 aromatic carbocycles. The number of nitrogens with two attached hydrogens (primary N) is 1. The largest absolute Gasteiger partial charge is 0.481 e. The first-order valence-corrected chi connectivity index (χ1v) is 9.87. The van der Waals surface area contributed by atoms with Crippen molar-refractivity contribution in [3.63, 3.8) is 0 Å². The highest BCUT2D eigenvalue weighted by atomic mass is 16.5. The maximum absolute atomic E-state index is 8.93. The Hall–Kier alpha value is -3.63. The standard InChI is InChI=1S/C23H26N6O/c1-30-22-6-2-4-20(29-22)19(12-15-27-21-5-3-13-28-23(21)25)26-14-11-17-7-9-18(16-24)10-8-17/h2-10,13,19,26-27H,11-12,14-15H2,1H3,(H2,25,28). The average molecular weight is 403 g/mol. The molecule has 154 valence electrons. The minimum atomic E-state index is 0.0453. The van der Waals surface area contributed by atoms with E-state index in [2.05, 4.69) is 26.7 Å². The number of hydrogen-bond donors (Lipinski definition) is 3. The van der Waals surface area contributed by atoms with Gasteiger partial charge in [-0.3, -0.25) is 0 Å². The van der Waals surface area contributed by atoms with E-state index in [4.69, 9.17) is 15.7 Å². The lowest BCUT2D eigenvalue weighted by Crippen LogP contribution is -2.26. The molecule has 2 heterocycles. The summed E-state index contributed by atoms with van der Waals surface area (Å²) in [7, 11) is 1.62. The molecule has 0 fully saturated rings. The van der Waals surface area contributed by atoms with Gasteiger partial charge in [0.1, 0.15) is 5.82 Å². The van der Waals surface area contributed by atoms with E-state index in [-0.39, 0.29) is 6.04 Å². The maximum Gasteiger partial charge on any atom is 0.213 e. The van der Waals surface area contributed by atoms with Crippen LogP contribution in [0.1, 0.15) is 29.3 Å². The number of nitriles is 1. The molecule has 0 radical (unpaired) electrons. The highest BCUT2D eigenvalue weighted by Crippen LogP contribution is 2.20. The van der Waals surface area contributed by atoms with Gasteiger partial charge in [-0.25, -0.2) is 9.97 Å². The maximum atomic E-state index is 8.93. The predicted octanol–water partition coefficient (Wildman–Crippen LogP) is 3.31. The number of rotatable bonds is 10. The quantitative estimate of drug-likeness (QED) is 0.477. The van der Waals surface area contributed by atoms with Gasteiger partial charge in [0.15, 0.2) is 0 Å². The summed E-state index contributed by atoms with van der Waals surface area (Å²) in [4.78, 5) is 8.70. The zero-order valence-electron chi connectivity index (χ0n) is 17.0. The van der Waals surface area contributed by atoms with Gasteiger partial charge in [-0.05, 0) is 55.3 Å². The average Bonchev–Trinajstić information content (AvgIpc) is 2.79. The molecule has 2 aromatic heterocycles. The first kappa shape index (κ1) is 21.1.